The fraction of sp³-hybridized carbons (Fsp3) is 0.562. The molecule has 0 radical (unpaired) electrons. The van der Waals surface area contributed by atoms with Crippen LogP contribution < -0.4 is 5.32 Å². The van der Waals surface area contributed by atoms with Crippen LogP contribution in [0.4, 0.5) is 0 Å². The van der Waals surface area contributed by atoms with Gasteiger partial charge < -0.3 is 9.84 Å². The summed E-state index contributed by atoms with van der Waals surface area (Å²) >= 11 is 0. The minimum absolute atomic E-state index is 0.323. The number of pyridine rings is 1. The first-order valence-electron chi connectivity index (χ1n) is 7.87. The maximum Gasteiger partial charge on any atom is 0.231 e. The second kappa shape index (κ2) is 5.22. The van der Waals surface area contributed by atoms with Crippen molar-refractivity contribution in [1.29, 1.82) is 0 Å². The van der Waals surface area contributed by atoms with Gasteiger partial charge in [0.25, 0.3) is 0 Å². The van der Waals surface area contributed by atoms with Crippen molar-refractivity contribution in [2.45, 2.75) is 51.0 Å². The van der Waals surface area contributed by atoms with Crippen LogP contribution in [0.3, 0.4) is 0 Å². The maximum atomic E-state index is 5.48. The van der Waals surface area contributed by atoms with E-state index in [9.17, 15) is 0 Å². The van der Waals surface area contributed by atoms with Crippen LogP contribution in [0.2, 0.25) is 0 Å². The lowest BCUT2D eigenvalue weighted by atomic mass is 9.96. The third kappa shape index (κ3) is 2.35. The van der Waals surface area contributed by atoms with Gasteiger partial charge in [0, 0.05) is 11.7 Å². The Morgan fingerprint density at radius 2 is 2.10 bits per heavy atom. The first-order valence-corrected chi connectivity index (χ1v) is 7.87. The van der Waals surface area contributed by atoms with Gasteiger partial charge in [-0.2, -0.15) is 4.98 Å². The van der Waals surface area contributed by atoms with Gasteiger partial charge in [-0.1, -0.05) is 11.2 Å². The Kier molecular flexibility index (Phi) is 3.22. The fourth-order valence-corrected chi connectivity index (χ4v) is 3.39. The molecule has 2 atom stereocenters. The highest BCUT2D eigenvalue weighted by Gasteiger charge is 2.29. The van der Waals surface area contributed by atoms with Crippen LogP contribution in [-0.2, 0) is 12.8 Å². The lowest BCUT2D eigenvalue weighted by Crippen LogP contribution is -2.21. The second-order valence-electron chi connectivity index (χ2n) is 6.10. The van der Waals surface area contributed by atoms with Crippen LogP contribution in [0.5, 0.6) is 0 Å². The average Bonchev–Trinajstić information content (AvgIpc) is 3.15. The van der Waals surface area contributed by atoms with Crippen molar-refractivity contribution in [2.24, 2.45) is 0 Å². The fourth-order valence-electron chi connectivity index (χ4n) is 3.39. The Morgan fingerprint density at radius 1 is 1.19 bits per heavy atom. The van der Waals surface area contributed by atoms with Gasteiger partial charge in [0.1, 0.15) is 5.69 Å². The van der Waals surface area contributed by atoms with Crippen LogP contribution in [0, 0.1) is 0 Å². The van der Waals surface area contributed by atoms with E-state index in [4.69, 9.17) is 9.51 Å². The Labute approximate surface area is 124 Å². The molecule has 3 heterocycles. The summed E-state index contributed by atoms with van der Waals surface area (Å²) in [6.07, 6.45) is 5.77. The Hall–Kier alpha value is -1.75. The summed E-state index contributed by atoms with van der Waals surface area (Å²) in [6, 6.07) is 4.59. The summed E-state index contributed by atoms with van der Waals surface area (Å²) in [7, 11) is 0. The lowest BCUT2D eigenvalue weighted by molar-refractivity contribution is 0.345. The predicted molar refractivity (Wildman–Crippen MR) is 79.0 cm³/mol. The first kappa shape index (κ1) is 13.0. The molecular formula is C16H20N4O. The molecule has 2 aliphatic rings. The highest BCUT2D eigenvalue weighted by molar-refractivity contribution is 5.50. The minimum atomic E-state index is 0.323. The Balaban J connectivity index is 1.63. The predicted octanol–water partition coefficient (Wildman–Crippen LogP) is 2.48. The van der Waals surface area contributed by atoms with Crippen LogP contribution in [0.1, 0.15) is 49.3 Å². The quantitative estimate of drug-likeness (QED) is 0.918. The number of rotatable bonds is 2. The molecule has 5 heteroatoms. The lowest BCUT2D eigenvalue weighted by Gasteiger charge is -2.14. The standard InChI is InChI=1S/C16H20N4O/c1-10-12(8-9-17-10)16-19-15(20-21-16)14-7-6-11-4-2-3-5-13(11)18-14/h6-7,10,12,17H,2-5,8-9H2,1H3. The molecule has 0 spiro atoms. The third-order valence-electron chi connectivity index (χ3n) is 4.69. The third-order valence-corrected chi connectivity index (χ3v) is 4.69. The number of aryl methyl sites for hydroxylation is 2. The number of nitrogens with one attached hydrogen (secondary N) is 1. The van der Waals surface area contributed by atoms with Crippen molar-refractivity contribution >= 4 is 0 Å². The summed E-state index contributed by atoms with van der Waals surface area (Å²) in [6.45, 7) is 3.18. The van der Waals surface area contributed by atoms with E-state index in [0.29, 0.717) is 17.8 Å². The molecule has 4 rings (SSSR count). The molecule has 0 saturated carbocycles. The normalized spacial score (nSPS) is 25.0. The van der Waals surface area contributed by atoms with E-state index >= 15 is 0 Å². The zero-order valence-electron chi connectivity index (χ0n) is 12.3. The first-order chi connectivity index (χ1) is 10.3. The Bertz CT molecular complexity index is 651. The summed E-state index contributed by atoms with van der Waals surface area (Å²) in [5.74, 6) is 1.68. The molecule has 2 aromatic heterocycles. The minimum Gasteiger partial charge on any atom is -0.339 e. The number of hydrogen-bond donors (Lipinski definition) is 1. The smallest absolute Gasteiger partial charge is 0.231 e. The van der Waals surface area contributed by atoms with Gasteiger partial charge >= 0.3 is 0 Å². The highest BCUT2D eigenvalue weighted by atomic mass is 16.5. The van der Waals surface area contributed by atoms with Crippen molar-refractivity contribution in [3.63, 3.8) is 0 Å². The van der Waals surface area contributed by atoms with Crippen molar-refractivity contribution in [1.82, 2.24) is 20.4 Å². The molecule has 0 aromatic carbocycles. The van der Waals surface area contributed by atoms with Crippen LogP contribution in [-0.4, -0.2) is 27.7 Å². The van der Waals surface area contributed by atoms with E-state index in [1.807, 2.05) is 6.07 Å². The number of fused-ring (bicyclic) bond motifs is 1. The zero-order valence-corrected chi connectivity index (χ0v) is 12.3. The second-order valence-corrected chi connectivity index (χ2v) is 6.10. The molecule has 2 unspecified atom stereocenters. The number of hydrogen-bond acceptors (Lipinski definition) is 5. The summed E-state index contributed by atoms with van der Waals surface area (Å²) in [5, 5.41) is 7.55. The Morgan fingerprint density at radius 3 is 2.95 bits per heavy atom. The largest absolute Gasteiger partial charge is 0.339 e. The summed E-state index contributed by atoms with van der Waals surface area (Å²) < 4.78 is 5.48. The van der Waals surface area contributed by atoms with Crippen molar-refractivity contribution in [3.05, 3.63) is 29.3 Å². The molecule has 5 nitrogen and oxygen atoms in total. The molecule has 21 heavy (non-hydrogen) atoms. The molecule has 1 saturated heterocycles. The topological polar surface area (TPSA) is 63.8 Å². The van der Waals surface area contributed by atoms with E-state index in [1.54, 1.807) is 0 Å². The van der Waals surface area contributed by atoms with E-state index in [0.717, 1.165) is 37.4 Å². The van der Waals surface area contributed by atoms with E-state index < -0.39 is 0 Å². The van der Waals surface area contributed by atoms with Crippen LogP contribution in [0.15, 0.2) is 16.7 Å². The SMILES string of the molecule is CC1NCCC1c1nc(-c2ccc3c(n2)CCCC3)no1. The van der Waals surface area contributed by atoms with Gasteiger partial charge in [-0.3, -0.25) is 0 Å². The van der Waals surface area contributed by atoms with Gasteiger partial charge in [0.2, 0.25) is 11.7 Å². The van der Waals surface area contributed by atoms with E-state index in [1.165, 1.54) is 24.1 Å². The summed E-state index contributed by atoms with van der Waals surface area (Å²) in [4.78, 5) is 9.32. The maximum absolute atomic E-state index is 5.48. The van der Waals surface area contributed by atoms with Gasteiger partial charge in [0.15, 0.2) is 0 Å². The molecule has 1 aliphatic heterocycles. The average molecular weight is 284 g/mol. The van der Waals surface area contributed by atoms with Gasteiger partial charge in [-0.25, -0.2) is 4.98 Å². The van der Waals surface area contributed by atoms with Crippen LogP contribution in [0.25, 0.3) is 11.5 Å². The van der Waals surface area contributed by atoms with E-state index in [-0.39, 0.29) is 0 Å². The zero-order chi connectivity index (χ0) is 14.2. The summed E-state index contributed by atoms with van der Waals surface area (Å²) in [5.41, 5.74) is 3.42. The van der Waals surface area contributed by atoms with Crippen LogP contribution >= 0.6 is 0 Å². The molecular weight excluding hydrogens is 264 g/mol. The van der Waals surface area contributed by atoms with Gasteiger partial charge in [-0.05, 0) is 57.2 Å². The molecule has 1 fully saturated rings. The molecule has 1 aliphatic carbocycles. The molecule has 1 N–H and O–H groups in total. The van der Waals surface area contributed by atoms with Crippen molar-refractivity contribution < 1.29 is 4.52 Å². The molecule has 0 bridgehead atoms. The van der Waals surface area contributed by atoms with Crippen molar-refractivity contribution in [3.8, 4) is 11.5 Å². The number of nitrogens with zero attached hydrogens (tertiary/aromatic N) is 3. The highest BCUT2D eigenvalue weighted by Crippen LogP contribution is 2.28. The number of aromatic nitrogens is 3. The molecule has 2 aromatic rings. The molecule has 110 valence electrons. The van der Waals surface area contributed by atoms with Gasteiger partial charge in [0.05, 0.1) is 5.92 Å². The van der Waals surface area contributed by atoms with Crippen molar-refractivity contribution in [2.75, 3.05) is 6.54 Å². The van der Waals surface area contributed by atoms with Gasteiger partial charge in [-0.15, -0.1) is 0 Å². The van der Waals surface area contributed by atoms with E-state index in [2.05, 4.69) is 28.4 Å². The molecule has 0 amide bonds. The monoisotopic (exact) mass is 284 g/mol.